The molecule has 5 heteroatoms. The zero-order valence-corrected chi connectivity index (χ0v) is 15.1. The number of methoxy groups -OCH3 is 2. The lowest BCUT2D eigenvalue weighted by Crippen LogP contribution is -2.18. The average molecular weight is 351 g/mol. The molecule has 1 aromatic heterocycles. The second-order valence-corrected chi connectivity index (χ2v) is 5.69. The first-order chi connectivity index (χ1) is 12.7. The Morgan fingerprint density at radius 1 is 1.04 bits per heavy atom. The number of hydrogen-bond donors (Lipinski definition) is 0. The molecule has 1 unspecified atom stereocenters. The summed E-state index contributed by atoms with van der Waals surface area (Å²) in [6.07, 6.45) is -0.876. The van der Waals surface area contributed by atoms with Gasteiger partial charge in [-0.15, -0.1) is 0 Å². The molecule has 1 heterocycles. The molecule has 5 nitrogen and oxygen atoms in total. The predicted octanol–water partition coefficient (Wildman–Crippen LogP) is 4.16. The van der Waals surface area contributed by atoms with Crippen molar-refractivity contribution < 1.29 is 19.0 Å². The fourth-order valence-corrected chi connectivity index (χ4v) is 2.98. The van der Waals surface area contributed by atoms with Gasteiger partial charge in [0.1, 0.15) is 0 Å². The third-order valence-electron chi connectivity index (χ3n) is 4.17. The van der Waals surface area contributed by atoms with Crippen LogP contribution in [-0.4, -0.2) is 31.8 Å². The molecule has 26 heavy (non-hydrogen) atoms. The van der Waals surface area contributed by atoms with E-state index in [0.717, 1.165) is 22.0 Å². The molecule has 134 valence electrons. The predicted molar refractivity (Wildman–Crippen MR) is 100 cm³/mol. The van der Waals surface area contributed by atoms with E-state index in [0.29, 0.717) is 11.4 Å². The Kier molecular flexibility index (Phi) is 5.49. The smallest absolute Gasteiger partial charge is 0.340 e. The van der Waals surface area contributed by atoms with Crippen LogP contribution in [0.5, 0.6) is 5.88 Å². The first-order valence-corrected chi connectivity index (χ1v) is 8.42. The van der Waals surface area contributed by atoms with Crippen LogP contribution in [0.1, 0.15) is 18.6 Å². The molecule has 0 N–H and O–H groups in total. The van der Waals surface area contributed by atoms with Crippen molar-refractivity contribution in [3.05, 3.63) is 60.2 Å². The van der Waals surface area contributed by atoms with Gasteiger partial charge in [-0.05, 0) is 29.8 Å². The summed E-state index contributed by atoms with van der Waals surface area (Å²) in [4.78, 5) is 16.8. The van der Waals surface area contributed by atoms with Gasteiger partial charge in [0.15, 0.2) is 6.10 Å². The highest BCUT2D eigenvalue weighted by molar-refractivity contribution is 5.95. The first kappa shape index (κ1) is 17.9. The highest BCUT2D eigenvalue weighted by Gasteiger charge is 2.26. The summed E-state index contributed by atoms with van der Waals surface area (Å²) in [5.74, 6) is -0.122. The van der Waals surface area contributed by atoms with Gasteiger partial charge >= 0.3 is 5.97 Å². The van der Waals surface area contributed by atoms with E-state index in [-0.39, 0.29) is 6.61 Å². The van der Waals surface area contributed by atoms with E-state index in [4.69, 9.17) is 14.2 Å². The lowest BCUT2D eigenvalue weighted by molar-refractivity contribution is -0.155. The standard InChI is InChI=1S/C21H21NO4/c1-4-26-21(23)19(24-2)17-12-13-18(22-20(17)25-3)16-11-7-9-14-8-5-6-10-15(14)16/h5-13,19H,4H2,1-3H3. The quantitative estimate of drug-likeness (QED) is 0.624. The van der Waals surface area contributed by atoms with E-state index in [9.17, 15) is 4.79 Å². The summed E-state index contributed by atoms with van der Waals surface area (Å²) >= 11 is 0. The van der Waals surface area contributed by atoms with Gasteiger partial charge < -0.3 is 14.2 Å². The van der Waals surface area contributed by atoms with Gasteiger partial charge in [-0.3, -0.25) is 0 Å². The average Bonchev–Trinajstić information content (AvgIpc) is 2.68. The number of rotatable bonds is 6. The Hall–Kier alpha value is -2.92. The monoisotopic (exact) mass is 351 g/mol. The Balaban J connectivity index is 2.07. The summed E-state index contributed by atoms with van der Waals surface area (Å²) in [6.45, 7) is 2.03. The van der Waals surface area contributed by atoms with Gasteiger partial charge in [-0.1, -0.05) is 42.5 Å². The molecule has 0 amide bonds. The molecule has 1 atom stereocenters. The molecule has 0 radical (unpaired) electrons. The Morgan fingerprint density at radius 2 is 1.81 bits per heavy atom. The lowest BCUT2D eigenvalue weighted by Gasteiger charge is -2.17. The summed E-state index contributed by atoms with van der Waals surface area (Å²) in [7, 11) is 2.98. The van der Waals surface area contributed by atoms with E-state index < -0.39 is 12.1 Å². The molecule has 0 aliphatic heterocycles. The van der Waals surface area contributed by atoms with Crippen molar-refractivity contribution in [1.82, 2.24) is 4.98 Å². The van der Waals surface area contributed by atoms with Crippen molar-refractivity contribution >= 4 is 16.7 Å². The molecule has 0 bridgehead atoms. The Labute approximate surface area is 152 Å². The molecule has 3 rings (SSSR count). The number of benzene rings is 2. The summed E-state index contributed by atoms with van der Waals surface area (Å²) < 4.78 is 15.8. The van der Waals surface area contributed by atoms with Crippen molar-refractivity contribution in [2.24, 2.45) is 0 Å². The van der Waals surface area contributed by atoms with Gasteiger partial charge in [-0.25, -0.2) is 9.78 Å². The van der Waals surface area contributed by atoms with Crippen molar-refractivity contribution in [3.8, 4) is 17.1 Å². The lowest BCUT2D eigenvalue weighted by atomic mass is 10.0. The minimum absolute atomic E-state index is 0.280. The number of ether oxygens (including phenoxy) is 3. The minimum atomic E-state index is -0.876. The second-order valence-electron chi connectivity index (χ2n) is 5.69. The van der Waals surface area contributed by atoms with E-state index >= 15 is 0 Å². The molecular weight excluding hydrogens is 330 g/mol. The van der Waals surface area contributed by atoms with Gasteiger partial charge in [0.05, 0.1) is 25.0 Å². The fraction of sp³-hybridized carbons (Fsp3) is 0.238. The number of carbonyl (C=O) groups is 1. The number of aromatic nitrogens is 1. The molecule has 2 aromatic carbocycles. The normalized spacial score (nSPS) is 12.0. The molecule has 3 aromatic rings. The Morgan fingerprint density at radius 3 is 2.54 bits per heavy atom. The van der Waals surface area contributed by atoms with E-state index in [1.165, 1.54) is 14.2 Å². The van der Waals surface area contributed by atoms with Crippen LogP contribution in [0.25, 0.3) is 22.0 Å². The van der Waals surface area contributed by atoms with Crippen LogP contribution in [0.2, 0.25) is 0 Å². The number of nitrogens with zero attached hydrogens (tertiary/aromatic N) is 1. The van der Waals surface area contributed by atoms with Gasteiger partial charge in [0, 0.05) is 12.7 Å². The molecule has 0 saturated heterocycles. The van der Waals surface area contributed by atoms with Gasteiger partial charge in [-0.2, -0.15) is 0 Å². The van der Waals surface area contributed by atoms with Crippen LogP contribution in [-0.2, 0) is 14.3 Å². The number of hydrogen-bond acceptors (Lipinski definition) is 5. The van der Waals surface area contributed by atoms with E-state index in [1.807, 2.05) is 30.3 Å². The minimum Gasteiger partial charge on any atom is -0.481 e. The fourth-order valence-electron chi connectivity index (χ4n) is 2.98. The highest BCUT2D eigenvalue weighted by atomic mass is 16.6. The van der Waals surface area contributed by atoms with Crippen molar-refractivity contribution in [1.29, 1.82) is 0 Å². The third kappa shape index (κ3) is 3.39. The maximum atomic E-state index is 12.1. The van der Waals surface area contributed by atoms with Crippen molar-refractivity contribution in [3.63, 3.8) is 0 Å². The molecular formula is C21H21NO4. The number of esters is 1. The van der Waals surface area contributed by atoms with Gasteiger partial charge in [0.25, 0.3) is 0 Å². The van der Waals surface area contributed by atoms with Crippen LogP contribution >= 0.6 is 0 Å². The molecule has 0 aliphatic rings. The molecule has 0 fully saturated rings. The number of pyridine rings is 1. The van der Waals surface area contributed by atoms with Crippen LogP contribution in [0.4, 0.5) is 0 Å². The largest absolute Gasteiger partial charge is 0.481 e. The zero-order chi connectivity index (χ0) is 18.5. The topological polar surface area (TPSA) is 57.7 Å². The third-order valence-corrected chi connectivity index (χ3v) is 4.17. The maximum Gasteiger partial charge on any atom is 0.340 e. The van der Waals surface area contributed by atoms with Crippen LogP contribution < -0.4 is 4.74 Å². The zero-order valence-electron chi connectivity index (χ0n) is 15.1. The molecule has 0 aliphatic carbocycles. The van der Waals surface area contributed by atoms with Crippen LogP contribution in [0.3, 0.4) is 0 Å². The van der Waals surface area contributed by atoms with Crippen LogP contribution in [0.15, 0.2) is 54.6 Å². The Bertz CT molecular complexity index is 918. The number of carbonyl (C=O) groups excluding carboxylic acids is 1. The SMILES string of the molecule is CCOC(=O)C(OC)c1ccc(-c2cccc3ccccc23)nc1OC. The van der Waals surface area contributed by atoms with Crippen molar-refractivity contribution in [2.75, 3.05) is 20.8 Å². The van der Waals surface area contributed by atoms with Crippen molar-refractivity contribution in [2.45, 2.75) is 13.0 Å². The van der Waals surface area contributed by atoms with E-state index in [2.05, 4.69) is 23.2 Å². The summed E-state index contributed by atoms with van der Waals surface area (Å²) in [6, 6.07) is 17.9. The highest BCUT2D eigenvalue weighted by Crippen LogP contribution is 2.32. The first-order valence-electron chi connectivity index (χ1n) is 8.42. The molecule has 0 saturated carbocycles. The maximum absolute atomic E-state index is 12.1. The van der Waals surface area contributed by atoms with Crippen LogP contribution in [0, 0.1) is 0 Å². The molecule has 0 spiro atoms. The summed E-state index contributed by atoms with van der Waals surface area (Å²) in [5.41, 5.74) is 2.30. The van der Waals surface area contributed by atoms with Gasteiger partial charge in [0.2, 0.25) is 5.88 Å². The number of fused-ring (bicyclic) bond motifs is 1. The summed E-state index contributed by atoms with van der Waals surface area (Å²) in [5, 5.41) is 2.24. The second kappa shape index (κ2) is 7.97. The van der Waals surface area contributed by atoms with E-state index in [1.54, 1.807) is 13.0 Å².